The van der Waals surface area contributed by atoms with E-state index in [1.165, 1.54) is 4.90 Å². The number of rotatable bonds is 4. The van der Waals surface area contributed by atoms with Gasteiger partial charge in [-0.3, -0.25) is 9.59 Å². The fourth-order valence-corrected chi connectivity index (χ4v) is 3.66. The number of aromatic amines is 1. The second kappa shape index (κ2) is 7.24. The molecular weight excluding hydrogens is 400 g/mol. The largest absolute Gasteiger partial charge is 0.481 e. The molecule has 0 radical (unpaired) electrons. The van der Waals surface area contributed by atoms with Gasteiger partial charge in [0.05, 0.1) is 17.5 Å². The van der Waals surface area contributed by atoms with E-state index in [1.807, 2.05) is 30.3 Å². The van der Waals surface area contributed by atoms with E-state index in [2.05, 4.69) is 25.4 Å². The fraction of sp³-hybridized carbons (Fsp3) is 0.190. The maximum Gasteiger partial charge on any atom is 0.305 e. The molecule has 31 heavy (non-hydrogen) atoms. The quantitative estimate of drug-likeness (QED) is 0.460. The average molecular weight is 418 g/mol. The number of imidazole rings is 1. The summed E-state index contributed by atoms with van der Waals surface area (Å²) in [5.41, 5.74) is 3.90. The Morgan fingerprint density at radius 1 is 1.26 bits per heavy atom. The van der Waals surface area contributed by atoms with Crippen molar-refractivity contribution in [3.8, 4) is 23.1 Å². The molecule has 0 saturated heterocycles. The van der Waals surface area contributed by atoms with E-state index in [1.54, 1.807) is 19.2 Å². The average Bonchev–Trinajstić information content (AvgIpc) is 3.38. The lowest BCUT2D eigenvalue weighted by atomic mass is 10.1. The first-order valence-corrected chi connectivity index (χ1v) is 9.63. The number of likely N-dealkylation sites (N-methyl/N-ethyl adjacent to an activating group) is 1. The number of fused-ring (bicyclic) bond motifs is 2. The summed E-state index contributed by atoms with van der Waals surface area (Å²) in [4.78, 5) is 37.2. The molecule has 0 bridgehead atoms. The number of anilines is 1. The Kier molecular flexibility index (Phi) is 4.39. The number of carbonyl (C=O) groups excluding carboxylic acids is 1. The summed E-state index contributed by atoms with van der Waals surface area (Å²) in [6, 6.07) is 12.2. The zero-order valence-corrected chi connectivity index (χ0v) is 16.5. The summed E-state index contributed by atoms with van der Waals surface area (Å²) < 4.78 is 5.45. The number of carboxylic acids is 1. The molecule has 3 N–H and O–H groups in total. The van der Waals surface area contributed by atoms with Crippen LogP contribution in [0.15, 0.2) is 47.0 Å². The predicted molar refractivity (Wildman–Crippen MR) is 111 cm³/mol. The molecule has 2 aromatic heterocycles. The third kappa shape index (κ3) is 3.48. The van der Waals surface area contributed by atoms with Gasteiger partial charge in [-0.25, -0.2) is 4.98 Å². The van der Waals surface area contributed by atoms with Crippen molar-refractivity contribution in [3.63, 3.8) is 0 Å². The molecule has 2 aromatic carbocycles. The maximum atomic E-state index is 12.5. The smallest absolute Gasteiger partial charge is 0.305 e. The van der Waals surface area contributed by atoms with Gasteiger partial charge in [0.2, 0.25) is 11.7 Å². The number of aromatic nitrogens is 4. The molecule has 0 fully saturated rings. The van der Waals surface area contributed by atoms with Gasteiger partial charge in [-0.1, -0.05) is 17.3 Å². The Morgan fingerprint density at radius 3 is 2.90 bits per heavy atom. The van der Waals surface area contributed by atoms with Gasteiger partial charge in [0.15, 0.2) is 5.82 Å². The Hall–Kier alpha value is -4.21. The van der Waals surface area contributed by atoms with Crippen molar-refractivity contribution in [1.29, 1.82) is 0 Å². The molecule has 3 heterocycles. The number of carbonyl (C=O) groups is 2. The summed E-state index contributed by atoms with van der Waals surface area (Å²) in [6.45, 7) is 0.329. The van der Waals surface area contributed by atoms with Crippen LogP contribution in [0.5, 0.6) is 0 Å². The second-order valence-electron chi connectivity index (χ2n) is 7.39. The van der Waals surface area contributed by atoms with Crippen LogP contribution in [0.3, 0.4) is 0 Å². The van der Waals surface area contributed by atoms with Crippen molar-refractivity contribution in [2.75, 3.05) is 12.4 Å². The van der Waals surface area contributed by atoms with E-state index in [0.717, 1.165) is 16.6 Å². The minimum Gasteiger partial charge on any atom is -0.481 e. The lowest BCUT2D eigenvalue weighted by molar-refractivity contribution is -0.141. The van der Waals surface area contributed by atoms with Crippen molar-refractivity contribution in [2.24, 2.45) is 0 Å². The van der Waals surface area contributed by atoms with Gasteiger partial charge >= 0.3 is 5.97 Å². The number of hydrogen-bond donors (Lipinski definition) is 3. The number of carboxylic acid groups (broad SMARTS) is 1. The molecule has 0 unspecified atom stereocenters. The number of hydrogen-bond acceptors (Lipinski definition) is 7. The predicted octanol–water partition coefficient (Wildman–Crippen LogP) is 2.51. The van der Waals surface area contributed by atoms with E-state index < -0.39 is 12.0 Å². The molecule has 1 aliphatic heterocycles. The van der Waals surface area contributed by atoms with E-state index in [4.69, 9.17) is 9.63 Å². The molecule has 156 valence electrons. The van der Waals surface area contributed by atoms with E-state index >= 15 is 0 Å². The number of aliphatic carboxylic acids is 1. The van der Waals surface area contributed by atoms with E-state index in [-0.39, 0.29) is 12.3 Å². The van der Waals surface area contributed by atoms with Crippen LogP contribution in [-0.4, -0.2) is 55.1 Å². The molecule has 10 nitrogen and oxygen atoms in total. The van der Waals surface area contributed by atoms with Crippen LogP contribution in [-0.2, 0) is 16.1 Å². The monoisotopic (exact) mass is 418 g/mol. The fourth-order valence-electron chi connectivity index (χ4n) is 3.66. The molecule has 1 aliphatic rings. The zero-order chi connectivity index (χ0) is 21.5. The molecule has 1 atom stereocenters. The number of nitrogens with one attached hydrogen (secondary N) is 2. The lowest BCUT2D eigenvalue weighted by Crippen LogP contribution is -2.39. The van der Waals surface area contributed by atoms with Crippen LogP contribution in [0.2, 0.25) is 0 Å². The Bertz CT molecular complexity index is 1280. The van der Waals surface area contributed by atoms with Crippen LogP contribution in [0, 0.1) is 0 Å². The number of para-hydroxylation sites is 2. The molecule has 5 rings (SSSR count). The van der Waals surface area contributed by atoms with Gasteiger partial charge in [0.1, 0.15) is 6.04 Å². The molecule has 4 aromatic rings. The first kappa shape index (κ1) is 18.8. The highest BCUT2D eigenvalue weighted by Crippen LogP contribution is 2.29. The Balaban J connectivity index is 1.46. The first-order chi connectivity index (χ1) is 15.0. The summed E-state index contributed by atoms with van der Waals surface area (Å²) >= 11 is 0. The van der Waals surface area contributed by atoms with Crippen molar-refractivity contribution in [1.82, 2.24) is 25.0 Å². The number of amides is 1. The third-order valence-electron chi connectivity index (χ3n) is 5.17. The van der Waals surface area contributed by atoms with Gasteiger partial charge in [0.25, 0.3) is 5.89 Å². The minimum absolute atomic E-state index is 0.273. The van der Waals surface area contributed by atoms with Crippen LogP contribution in [0.1, 0.15) is 12.0 Å². The highest BCUT2D eigenvalue weighted by atomic mass is 16.5. The van der Waals surface area contributed by atoms with Gasteiger partial charge < -0.3 is 24.8 Å². The summed E-state index contributed by atoms with van der Waals surface area (Å²) in [7, 11) is 1.65. The zero-order valence-electron chi connectivity index (χ0n) is 16.5. The van der Waals surface area contributed by atoms with Crippen LogP contribution < -0.4 is 5.32 Å². The topological polar surface area (TPSA) is 137 Å². The molecular formula is C21H18N6O4. The molecule has 0 spiro atoms. The Morgan fingerprint density at radius 2 is 2.10 bits per heavy atom. The summed E-state index contributed by atoms with van der Waals surface area (Å²) in [5, 5.41) is 16.2. The van der Waals surface area contributed by atoms with Crippen LogP contribution in [0.4, 0.5) is 5.69 Å². The van der Waals surface area contributed by atoms with Crippen LogP contribution >= 0.6 is 0 Å². The number of H-pyrrole nitrogens is 1. The van der Waals surface area contributed by atoms with Gasteiger partial charge in [-0.05, 0) is 35.9 Å². The van der Waals surface area contributed by atoms with Crippen molar-refractivity contribution < 1.29 is 19.2 Å². The van der Waals surface area contributed by atoms with Crippen LogP contribution in [0.25, 0.3) is 34.1 Å². The van der Waals surface area contributed by atoms with Crippen molar-refractivity contribution in [3.05, 3.63) is 48.0 Å². The number of benzene rings is 2. The normalized spacial score (nSPS) is 16.1. The van der Waals surface area contributed by atoms with Gasteiger partial charge in [-0.15, -0.1) is 0 Å². The second-order valence-corrected chi connectivity index (χ2v) is 7.39. The Labute approximate surface area is 175 Å². The first-order valence-electron chi connectivity index (χ1n) is 9.63. The van der Waals surface area contributed by atoms with Gasteiger partial charge in [-0.2, -0.15) is 4.98 Å². The molecule has 10 heteroatoms. The highest BCUT2D eigenvalue weighted by Gasteiger charge is 2.29. The molecule has 0 aliphatic carbocycles. The maximum absolute atomic E-state index is 12.5. The SMILES string of the molecule is CN1Cc2cc(-c3nc(-c4nc5ccccc5[nH]4)no3)ccc2N[C@@H](CC(=O)O)C1=O. The van der Waals surface area contributed by atoms with E-state index in [0.29, 0.717) is 35.3 Å². The standard InChI is InChI=1S/C21H18N6O4/c1-27-10-12-8-11(6-7-13(12)22-16(21(27)30)9-17(28)29)20-25-19(26-31-20)18-23-14-4-2-3-5-15(14)24-18/h2-8,16,22H,9-10H2,1H3,(H,23,24)(H,28,29)/t16-/m0/s1. The molecule has 1 amide bonds. The summed E-state index contributed by atoms with van der Waals surface area (Å²) in [6.07, 6.45) is -0.297. The van der Waals surface area contributed by atoms with Gasteiger partial charge in [0, 0.05) is 24.8 Å². The lowest BCUT2D eigenvalue weighted by Gasteiger charge is -2.19. The third-order valence-corrected chi connectivity index (χ3v) is 5.17. The number of nitrogens with zero attached hydrogens (tertiary/aromatic N) is 4. The van der Waals surface area contributed by atoms with Crippen molar-refractivity contribution in [2.45, 2.75) is 19.0 Å². The molecule has 0 saturated carbocycles. The minimum atomic E-state index is -1.04. The highest BCUT2D eigenvalue weighted by molar-refractivity contribution is 5.90. The summed E-state index contributed by atoms with van der Waals surface area (Å²) in [5.74, 6) is -0.144. The van der Waals surface area contributed by atoms with Crippen molar-refractivity contribution >= 4 is 28.6 Å². The van der Waals surface area contributed by atoms with E-state index in [9.17, 15) is 9.59 Å².